The van der Waals surface area contributed by atoms with Gasteiger partial charge in [0.05, 0.1) is 10.6 Å². The highest BCUT2D eigenvalue weighted by Crippen LogP contribution is 2.33. The van der Waals surface area contributed by atoms with E-state index in [-0.39, 0.29) is 0 Å². The van der Waals surface area contributed by atoms with Crippen molar-refractivity contribution in [3.05, 3.63) is 16.8 Å². The Hall–Kier alpha value is -1.36. The molecule has 4 nitrogen and oxygen atoms in total. The minimum absolute atomic E-state index is 0.520. The lowest BCUT2D eigenvalue weighted by atomic mass is 10.1. The van der Waals surface area contributed by atoms with Gasteiger partial charge in [0.1, 0.15) is 0 Å². The van der Waals surface area contributed by atoms with E-state index in [4.69, 9.17) is 10.3 Å². The average molecular weight is 251 g/mol. The van der Waals surface area contributed by atoms with Crippen LogP contribution in [0.25, 0.3) is 11.5 Å². The molecule has 0 amide bonds. The van der Waals surface area contributed by atoms with Gasteiger partial charge in [0.2, 0.25) is 0 Å². The fourth-order valence-electron chi connectivity index (χ4n) is 1.61. The van der Waals surface area contributed by atoms with Crippen LogP contribution in [0.1, 0.15) is 31.5 Å². The first-order chi connectivity index (χ1) is 8.10. The summed E-state index contributed by atoms with van der Waals surface area (Å²) in [5.41, 5.74) is 6.82. The van der Waals surface area contributed by atoms with Gasteiger partial charge < -0.3 is 10.3 Å². The molecule has 92 valence electrons. The fraction of sp³-hybridized carbons (Fsp3) is 0.500. The molecule has 2 aromatic heterocycles. The molecule has 2 rings (SSSR count). The van der Waals surface area contributed by atoms with Gasteiger partial charge in [-0.15, -0.1) is 11.3 Å². The lowest BCUT2D eigenvalue weighted by Crippen LogP contribution is -1.95. The number of aromatic nitrogens is 2. The van der Waals surface area contributed by atoms with Crippen LogP contribution in [0.15, 0.2) is 10.6 Å². The Morgan fingerprint density at radius 1 is 1.47 bits per heavy atom. The summed E-state index contributed by atoms with van der Waals surface area (Å²) < 4.78 is 5.26. The Morgan fingerprint density at radius 2 is 2.24 bits per heavy atom. The largest absolute Gasteiger partial charge is 0.390 e. The standard InChI is InChI=1S/C12H17N3OS/c1-4-8-6-9(11(13)17-8)12-14-10(15-16-12)5-7(2)3/h6-7H,4-5,13H2,1-3H3. The number of nitrogen functional groups attached to an aromatic ring is 1. The second-order valence-corrected chi connectivity index (χ2v) is 5.63. The molecule has 2 heterocycles. The summed E-state index contributed by atoms with van der Waals surface area (Å²) >= 11 is 1.58. The molecular formula is C12H17N3OS. The third-order valence-electron chi connectivity index (χ3n) is 2.45. The molecule has 0 spiro atoms. The van der Waals surface area contributed by atoms with Crippen LogP contribution in [0.2, 0.25) is 0 Å². The number of thiophene rings is 1. The number of aryl methyl sites for hydroxylation is 1. The summed E-state index contributed by atoms with van der Waals surface area (Å²) in [6, 6.07) is 2.03. The predicted molar refractivity (Wildman–Crippen MR) is 69.9 cm³/mol. The lowest BCUT2D eigenvalue weighted by molar-refractivity contribution is 0.418. The van der Waals surface area contributed by atoms with Gasteiger partial charge >= 0.3 is 0 Å². The van der Waals surface area contributed by atoms with E-state index in [9.17, 15) is 0 Å². The highest BCUT2D eigenvalue weighted by Gasteiger charge is 2.15. The second kappa shape index (κ2) is 4.87. The number of hydrogen-bond acceptors (Lipinski definition) is 5. The molecule has 0 aromatic carbocycles. The molecule has 0 aliphatic heterocycles. The fourth-order valence-corrected chi connectivity index (χ4v) is 2.47. The summed E-state index contributed by atoms with van der Waals surface area (Å²) in [6.07, 6.45) is 1.80. The third kappa shape index (κ3) is 2.66. The van der Waals surface area contributed by atoms with Gasteiger partial charge in [-0.2, -0.15) is 4.98 Å². The second-order valence-electron chi connectivity index (χ2n) is 4.46. The van der Waals surface area contributed by atoms with Crippen molar-refractivity contribution in [1.29, 1.82) is 0 Å². The molecule has 0 fully saturated rings. The zero-order valence-electron chi connectivity index (χ0n) is 10.4. The predicted octanol–water partition coefficient (Wildman–Crippen LogP) is 3.14. The maximum Gasteiger partial charge on any atom is 0.260 e. The Labute approximate surface area is 105 Å². The maximum absolute atomic E-state index is 5.95. The molecule has 0 saturated heterocycles. The van der Waals surface area contributed by atoms with E-state index in [0.29, 0.717) is 11.8 Å². The normalized spacial score (nSPS) is 11.3. The Bertz CT molecular complexity index is 502. The first-order valence-corrected chi connectivity index (χ1v) is 6.63. The highest BCUT2D eigenvalue weighted by molar-refractivity contribution is 7.16. The molecule has 0 bridgehead atoms. The molecule has 0 unspecified atom stereocenters. The molecule has 0 radical (unpaired) electrons. The van der Waals surface area contributed by atoms with E-state index in [2.05, 4.69) is 30.9 Å². The van der Waals surface area contributed by atoms with Crippen molar-refractivity contribution >= 4 is 16.3 Å². The summed E-state index contributed by atoms with van der Waals surface area (Å²) in [5, 5.41) is 4.72. The van der Waals surface area contributed by atoms with Crippen molar-refractivity contribution in [3.63, 3.8) is 0 Å². The number of rotatable bonds is 4. The molecule has 0 saturated carbocycles. The maximum atomic E-state index is 5.95. The van der Waals surface area contributed by atoms with Gasteiger partial charge in [-0.1, -0.05) is 25.9 Å². The minimum Gasteiger partial charge on any atom is -0.390 e. The Kier molecular flexibility index (Phi) is 3.47. The van der Waals surface area contributed by atoms with Gasteiger partial charge in [0.15, 0.2) is 5.82 Å². The zero-order chi connectivity index (χ0) is 12.4. The van der Waals surface area contributed by atoms with Crippen LogP contribution >= 0.6 is 11.3 Å². The monoisotopic (exact) mass is 251 g/mol. The summed E-state index contributed by atoms with van der Waals surface area (Å²) in [5.74, 6) is 1.80. The highest BCUT2D eigenvalue weighted by atomic mass is 32.1. The van der Waals surface area contributed by atoms with Crippen LogP contribution in [0, 0.1) is 5.92 Å². The summed E-state index contributed by atoms with van der Waals surface area (Å²) in [7, 11) is 0. The summed E-state index contributed by atoms with van der Waals surface area (Å²) in [4.78, 5) is 5.62. The topological polar surface area (TPSA) is 64.9 Å². The van der Waals surface area contributed by atoms with Gasteiger partial charge in [-0.25, -0.2) is 0 Å². The molecule has 0 aliphatic carbocycles. The van der Waals surface area contributed by atoms with E-state index < -0.39 is 0 Å². The van der Waals surface area contributed by atoms with Crippen LogP contribution in [-0.4, -0.2) is 10.1 Å². The van der Waals surface area contributed by atoms with Gasteiger partial charge in [0.25, 0.3) is 5.89 Å². The van der Waals surface area contributed by atoms with Crippen LogP contribution < -0.4 is 5.73 Å². The average Bonchev–Trinajstić information content (AvgIpc) is 2.83. The smallest absolute Gasteiger partial charge is 0.260 e. The van der Waals surface area contributed by atoms with Crippen molar-refractivity contribution in [2.24, 2.45) is 5.92 Å². The van der Waals surface area contributed by atoms with Gasteiger partial charge in [-0.3, -0.25) is 0 Å². The third-order valence-corrected chi connectivity index (χ3v) is 3.56. The zero-order valence-corrected chi connectivity index (χ0v) is 11.2. The minimum atomic E-state index is 0.520. The lowest BCUT2D eigenvalue weighted by Gasteiger charge is -1.96. The molecule has 5 heteroatoms. The Balaban J connectivity index is 2.26. The first-order valence-electron chi connectivity index (χ1n) is 5.81. The van der Waals surface area contributed by atoms with Crippen LogP contribution in [0.4, 0.5) is 5.00 Å². The van der Waals surface area contributed by atoms with Crippen molar-refractivity contribution in [2.45, 2.75) is 33.6 Å². The van der Waals surface area contributed by atoms with E-state index in [1.807, 2.05) is 6.07 Å². The number of anilines is 1. The van der Waals surface area contributed by atoms with Crippen molar-refractivity contribution in [2.75, 3.05) is 5.73 Å². The molecule has 17 heavy (non-hydrogen) atoms. The molecule has 2 N–H and O–H groups in total. The van der Waals surface area contributed by atoms with E-state index >= 15 is 0 Å². The summed E-state index contributed by atoms with van der Waals surface area (Å²) in [6.45, 7) is 6.36. The Morgan fingerprint density at radius 3 is 2.82 bits per heavy atom. The molecular weight excluding hydrogens is 234 g/mol. The van der Waals surface area contributed by atoms with Crippen molar-refractivity contribution in [3.8, 4) is 11.5 Å². The van der Waals surface area contributed by atoms with Crippen LogP contribution in [0.3, 0.4) is 0 Å². The number of nitrogens with zero attached hydrogens (tertiary/aromatic N) is 2. The van der Waals surface area contributed by atoms with Gasteiger partial charge in [0, 0.05) is 11.3 Å². The molecule has 2 aromatic rings. The van der Waals surface area contributed by atoms with E-state index in [1.54, 1.807) is 11.3 Å². The van der Waals surface area contributed by atoms with Crippen molar-refractivity contribution < 1.29 is 4.52 Å². The number of hydrogen-bond donors (Lipinski definition) is 1. The molecule has 0 aliphatic rings. The SMILES string of the molecule is CCc1cc(-c2nc(CC(C)C)no2)c(N)s1. The van der Waals surface area contributed by atoms with Crippen LogP contribution in [-0.2, 0) is 12.8 Å². The van der Waals surface area contributed by atoms with Crippen molar-refractivity contribution in [1.82, 2.24) is 10.1 Å². The van der Waals surface area contributed by atoms with E-state index in [1.165, 1.54) is 4.88 Å². The van der Waals surface area contributed by atoms with Crippen LogP contribution in [0.5, 0.6) is 0 Å². The molecule has 0 atom stereocenters. The van der Waals surface area contributed by atoms with Gasteiger partial charge in [-0.05, 0) is 18.4 Å². The van der Waals surface area contributed by atoms with E-state index in [0.717, 1.165) is 29.2 Å². The number of nitrogens with two attached hydrogens (primary N) is 1. The quantitative estimate of drug-likeness (QED) is 0.906. The first kappa shape index (κ1) is 12.1.